The molecule has 1 saturated heterocycles. The van der Waals surface area contributed by atoms with Crippen molar-refractivity contribution in [3.63, 3.8) is 0 Å². The minimum absolute atomic E-state index is 0.123. The normalized spacial score (nSPS) is 15.2. The molecule has 2 heterocycles. The number of amides is 1. The molecule has 0 atom stereocenters. The van der Waals surface area contributed by atoms with Gasteiger partial charge in [0, 0.05) is 49.9 Å². The molecule has 1 fully saturated rings. The lowest BCUT2D eigenvalue weighted by Gasteiger charge is -2.34. The van der Waals surface area contributed by atoms with Gasteiger partial charge in [-0.2, -0.15) is 4.31 Å². The van der Waals surface area contributed by atoms with Crippen LogP contribution in [-0.2, 0) is 16.6 Å². The van der Waals surface area contributed by atoms with Crippen LogP contribution in [0.3, 0.4) is 0 Å². The Bertz CT molecular complexity index is 1440. The van der Waals surface area contributed by atoms with Gasteiger partial charge in [-0.3, -0.25) is 14.7 Å². The molecule has 35 heavy (non-hydrogen) atoms. The van der Waals surface area contributed by atoms with Crippen molar-refractivity contribution >= 4 is 32.5 Å². The molecule has 3 aromatic carbocycles. The molecular formula is C27H26N4O3S. The minimum Gasteiger partial charge on any atom is -0.320 e. The molecule has 5 rings (SSSR count). The Morgan fingerprint density at radius 1 is 0.857 bits per heavy atom. The third-order valence-corrected chi connectivity index (χ3v) is 8.09. The summed E-state index contributed by atoms with van der Waals surface area (Å²) in [4.78, 5) is 19.7. The number of carbonyl (C=O) groups excluding carboxylic acids is 1. The van der Waals surface area contributed by atoms with Crippen LogP contribution in [0.25, 0.3) is 10.9 Å². The molecular weight excluding hydrogens is 460 g/mol. The lowest BCUT2D eigenvalue weighted by Crippen LogP contribution is -2.48. The number of nitrogens with one attached hydrogen (secondary N) is 1. The van der Waals surface area contributed by atoms with Crippen molar-refractivity contribution in [2.45, 2.75) is 11.4 Å². The number of anilines is 1. The highest BCUT2D eigenvalue weighted by molar-refractivity contribution is 7.89. The van der Waals surface area contributed by atoms with Crippen LogP contribution in [0.1, 0.15) is 15.9 Å². The van der Waals surface area contributed by atoms with Gasteiger partial charge in [0.15, 0.2) is 0 Å². The lowest BCUT2D eigenvalue weighted by atomic mass is 10.1. The molecule has 0 spiro atoms. The Balaban J connectivity index is 1.28. The molecule has 1 amide bonds. The van der Waals surface area contributed by atoms with Gasteiger partial charge in [-0.25, -0.2) is 8.42 Å². The first-order chi connectivity index (χ1) is 17.0. The van der Waals surface area contributed by atoms with Gasteiger partial charge >= 0.3 is 0 Å². The zero-order valence-electron chi connectivity index (χ0n) is 19.2. The van der Waals surface area contributed by atoms with E-state index >= 15 is 0 Å². The fourth-order valence-electron chi connectivity index (χ4n) is 4.32. The molecule has 0 bridgehead atoms. The zero-order chi connectivity index (χ0) is 24.3. The monoisotopic (exact) mass is 486 g/mol. The van der Waals surface area contributed by atoms with Crippen molar-refractivity contribution in [1.29, 1.82) is 0 Å². The number of nitrogens with zero attached hydrogens (tertiary/aromatic N) is 3. The van der Waals surface area contributed by atoms with E-state index in [2.05, 4.69) is 27.3 Å². The van der Waals surface area contributed by atoms with Crippen LogP contribution in [0.5, 0.6) is 0 Å². The van der Waals surface area contributed by atoms with Gasteiger partial charge in [-0.05, 0) is 35.9 Å². The van der Waals surface area contributed by atoms with Crippen molar-refractivity contribution in [3.05, 3.63) is 102 Å². The molecule has 0 unspecified atom stereocenters. The summed E-state index contributed by atoms with van der Waals surface area (Å²) in [5.74, 6) is -0.382. The molecule has 7 nitrogen and oxygen atoms in total. The number of hydrogen-bond donors (Lipinski definition) is 1. The standard InChI is InChI=1S/C27H26N4O3S/c32-27(29-25-13-5-9-22-11-6-14-28-26(22)25)23-10-4-12-24(19-23)35(33,34)31-17-15-30(16-18-31)20-21-7-2-1-3-8-21/h1-14,19H,15-18,20H2,(H,29,32). The van der Waals surface area contributed by atoms with Crippen LogP contribution in [-0.4, -0.2) is 54.7 Å². The number of benzene rings is 3. The summed E-state index contributed by atoms with van der Waals surface area (Å²) in [6.45, 7) is 2.93. The first kappa shape index (κ1) is 23.2. The number of sulfonamides is 1. The Hall–Kier alpha value is -3.59. The van der Waals surface area contributed by atoms with Crippen molar-refractivity contribution in [1.82, 2.24) is 14.2 Å². The fraction of sp³-hybridized carbons (Fsp3) is 0.185. The van der Waals surface area contributed by atoms with Gasteiger partial charge in [-0.15, -0.1) is 0 Å². The summed E-state index contributed by atoms with van der Waals surface area (Å²) in [5, 5.41) is 3.78. The van der Waals surface area contributed by atoms with Crippen molar-refractivity contribution in [2.24, 2.45) is 0 Å². The average molecular weight is 487 g/mol. The quantitative estimate of drug-likeness (QED) is 0.446. The van der Waals surface area contributed by atoms with Crippen LogP contribution in [0, 0.1) is 0 Å². The summed E-state index contributed by atoms with van der Waals surface area (Å²) in [5.41, 5.74) is 2.75. The van der Waals surface area contributed by atoms with E-state index in [1.165, 1.54) is 15.9 Å². The topological polar surface area (TPSA) is 82.6 Å². The SMILES string of the molecule is O=C(Nc1cccc2cccnc12)c1cccc(S(=O)(=O)N2CCN(Cc3ccccc3)CC2)c1. The second kappa shape index (κ2) is 9.95. The second-order valence-electron chi connectivity index (χ2n) is 8.53. The first-order valence-electron chi connectivity index (χ1n) is 11.5. The van der Waals surface area contributed by atoms with Gasteiger partial charge in [-0.1, -0.05) is 54.6 Å². The molecule has 1 N–H and O–H groups in total. The second-order valence-corrected chi connectivity index (χ2v) is 10.5. The number of fused-ring (bicyclic) bond motifs is 1. The first-order valence-corrected chi connectivity index (χ1v) is 13.0. The van der Waals surface area contributed by atoms with Crippen LogP contribution < -0.4 is 5.32 Å². The van der Waals surface area contributed by atoms with Gasteiger partial charge in [0.05, 0.1) is 16.1 Å². The summed E-state index contributed by atoms with van der Waals surface area (Å²) >= 11 is 0. The molecule has 1 aliphatic heterocycles. The van der Waals surface area contributed by atoms with Gasteiger partial charge in [0.2, 0.25) is 10.0 Å². The number of rotatable bonds is 6. The van der Waals surface area contributed by atoms with E-state index < -0.39 is 10.0 Å². The van der Waals surface area contributed by atoms with Crippen LogP contribution in [0.2, 0.25) is 0 Å². The Labute approximate surface area is 205 Å². The van der Waals surface area contributed by atoms with E-state index in [0.29, 0.717) is 37.4 Å². The summed E-state index contributed by atoms with van der Waals surface area (Å²) in [6, 6.07) is 25.7. The molecule has 1 aliphatic rings. The summed E-state index contributed by atoms with van der Waals surface area (Å²) < 4.78 is 28.2. The highest BCUT2D eigenvalue weighted by atomic mass is 32.2. The smallest absolute Gasteiger partial charge is 0.255 e. The lowest BCUT2D eigenvalue weighted by molar-refractivity contribution is 0.102. The maximum absolute atomic E-state index is 13.3. The number of para-hydroxylation sites is 1. The Kier molecular flexibility index (Phi) is 6.59. The van der Waals surface area contributed by atoms with Crippen LogP contribution in [0.15, 0.2) is 96.0 Å². The van der Waals surface area contributed by atoms with Crippen molar-refractivity contribution in [3.8, 4) is 0 Å². The highest BCUT2D eigenvalue weighted by Crippen LogP contribution is 2.23. The molecule has 4 aromatic rings. The van der Waals surface area contributed by atoms with E-state index in [1.807, 2.05) is 42.5 Å². The number of pyridine rings is 1. The Morgan fingerprint density at radius 3 is 2.40 bits per heavy atom. The molecule has 0 saturated carbocycles. The number of aromatic nitrogens is 1. The molecule has 8 heteroatoms. The van der Waals surface area contributed by atoms with Crippen molar-refractivity contribution < 1.29 is 13.2 Å². The maximum Gasteiger partial charge on any atom is 0.255 e. The van der Waals surface area contributed by atoms with Crippen molar-refractivity contribution in [2.75, 3.05) is 31.5 Å². The predicted molar refractivity (Wildman–Crippen MR) is 137 cm³/mol. The predicted octanol–water partition coefficient (Wildman–Crippen LogP) is 3.99. The van der Waals surface area contributed by atoms with Gasteiger partial charge < -0.3 is 5.32 Å². The molecule has 1 aromatic heterocycles. The minimum atomic E-state index is -3.71. The fourth-order valence-corrected chi connectivity index (χ4v) is 5.78. The van der Waals surface area contributed by atoms with Gasteiger partial charge in [0.1, 0.15) is 0 Å². The maximum atomic E-state index is 13.3. The number of carbonyl (C=O) groups is 1. The van der Waals surface area contributed by atoms with Crippen LogP contribution >= 0.6 is 0 Å². The number of piperazine rings is 1. The largest absolute Gasteiger partial charge is 0.320 e. The third-order valence-electron chi connectivity index (χ3n) is 6.20. The Morgan fingerprint density at radius 2 is 1.60 bits per heavy atom. The van der Waals surface area contributed by atoms with Crippen LogP contribution in [0.4, 0.5) is 5.69 Å². The molecule has 178 valence electrons. The van der Waals surface area contributed by atoms with Gasteiger partial charge in [0.25, 0.3) is 5.91 Å². The number of hydrogen-bond acceptors (Lipinski definition) is 5. The molecule has 0 radical (unpaired) electrons. The van der Waals surface area contributed by atoms with E-state index in [1.54, 1.807) is 30.5 Å². The average Bonchev–Trinajstić information content (AvgIpc) is 2.90. The highest BCUT2D eigenvalue weighted by Gasteiger charge is 2.29. The third kappa shape index (κ3) is 5.09. The van der Waals surface area contributed by atoms with E-state index in [-0.39, 0.29) is 16.4 Å². The summed E-state index contributed by atoms with van der Waals surface area (Å²) in [7, 11) is -3.71. The van der Waals surface area contributed by atoms with E-state index in [9.17, 15) is 13.2 Å². The van der Waals surface area contributed by atoms with E-state index in [4.69, 9.17) is 0 Å². The summed E-state index contributed by atoms with van der Waals surface area (Å²) in [6.07, 6.45) is 1.67. The molecule has 0 aliphatic carbocycles. The van der Waals surface area contributed by atoms with E-state index in [0.717, 1.165) is 11.9 Å². The zero-order valence-corrected chi connectivity index (χ0v) is 20.0.